The molecule has 1 saturated heterocycles. The van der Waals surface area contributed by atoms with Crippen molar-refractivity contribution in [2.45, 2.75) is 31.8 Å². The van der Waals surface area contributed by atoms with Gasteiger partial charge in [-0.1, -0.05) is 0 Å². The number of hydrogen-bond acceptors (Lipinski definition) is 3. The first kappa shape index (κ1) is 10.5. The molecule has 0 radical (unpaired) electrons. The van der Waals surface area contributed by atoms with Gasteiger partial charge in [-0.05, 0) is 13.3 Å². The van der Waals surface area contributed by atoms with E-state index in [0.29, 0.717) is 13.0 Å². The molecule has 0 aromatic carbocycles. The zero-order valence-corrected chi connectivity index (χ0v) is 8.32. The third-order valence-corrected chi connectivity index (χ3v) is 2.34. The molecule has 0 bridgehead atoms. The van der Waals surface area contributed by atoms with Gasteiger partial charge in [-0.3, -0.25) is 4.79 Å². The Kier molecular flexibility index (Phi) is 3.69. The Balaban J connectivity index is 2.36. The Labute approximate surface area is 79.0 Å². The summed E-state index contributed by atoms with van der Waals surface area (Å²) in [7, 11) is 1.82. The number of likely N-dealkylation sites (N-methyl/N-ethyl adjacent to an activating group) is 1. The van der Waals surface area contributed by atoms with Crippen molar-refractivity contribution in [3.05, 3.63) is 0 Å². The van der Waals surface area contributed by atoms with E-state index in [-0.39, 0.29) is 18.0 Å². The summed E-state index contributed by atoms with van der Waals surface area (Å²) in [6.45, 7) is 3.28. The SMILES string of the molecule is CC(N)CC(=O)N(C)C1CCOC1. The Bertz CT molecular complexity index is 176. The highest BCUT2D eigenvalue weighted by molar-refractivity contribution is 5.76. The minimum atomic E-state index is -0.0581. The molecule has 0 aliphatic carbocycles. The van der Waals surface area contributed by atoms with Crippen molar-refractivity contribution in [2.75, 3.05) is 20.3 Å². The maximum atomic E-state index is 11.5. The van der Waals surface area contributed by atoms with Crippen molar-refractivity contribution in [1.82, 2.24) is 4.90 Å². The van der Waals surface area contributed by atoms with E-state index in [9.17, 15) is 4.79 Å². The highest BCUT2D eigenvalue weighted by Crippen LogP contribution is 2.11. The number of carbonyl (C=O) groups is 1. The lowest BCUT2D eigenvalue weighted by atomic mass is 10.2. The van der Waals surface area contributed by atoms with Gasteiger partial charge in [0, 0.05) is 26.1 Å². The van der Waals surface area contributed by atoms with E-state index in [1.807, 2.05) is 14.0 Å². The van der Waals surface area contributed by atoms with Gasteiger partial charge in [-0.15, -0.1) is 0 Å². The molecule has 1 aliphatic rings. The van der Waals surface area contributed by atoms with Crippen LogP contribution in [0.5, 0.6) is 0 Å². The summed E-state index contributed by atoms with van der Waals surface area (Å²) >= 11 is 0. The second kappa shape index (κ2) is 4.58. The van der Waals surface area contributed by atoms with Crippen molar-refractivity contribution in [2.24, 2.45) is 5.73 Å². The van der Waals surface area contributed by atoms with Crippen molar-refractivity contribution in [3.8, 4) is 0 Å². The summed E-state index contributed by atoms with van der Waals surface area (Å²) in [4.78, 5) is 13.3. The molecule has 1 aliphatic heterocycles. The van der Waals surface area contributed by atoms with Crippen molar-refractivity contribution < 1.29 is 9.53 Å². The molecule has 0 aromatic rings. The molecule has 13 heavy (non-hydrogen) atoms. The average molecular weight is 186 g/mol. The summed E-state index contributed by atoms with van der Waals surface area (Å²) in [5.41, 5.74) is 5.55. The molecule has 2 unspecified atom stereocenters. The lowest BCUT2D eigenvalue weighted by Gasteiger charge is -2.23. The molecule has 2 N–H and O–H groups in total. The van der Waals surface area contributed by atoms with Crippen LogP contribution >= 0.6 is 0 Å². The molecule has 1 heterocycles. The molecular formula is C9H18N2O2. The molecule has 0 aromatic heterocycles. The first-order chi connectivity index (χ1) is 6.11. The highest BCUT2D eigenvalue weighted by Gasteiger charge is 2.24. The van der Waals surface area contributed by atoms with Crippen LogP contribution in [0.25, 0.3) is 0 Å². The van der Waals surface area contributed by atoms with E-state index in [1.54, 1.807) is 4.90 Å². The van der Waals surface area contributed by atoms with E-state index in [1.165, 1.54) is 0 Å². The lowest BCUT2D eigenvalue weighted by Crippen LogP contribution is -2.39. The van der Waals surface area contributed by atoms with Crippen LogP contribution in [0.4, 0.5) is 0 Å². The molecule has 1 amide bonds. The Morgan fingerprint density at radius 3 is 2.92 bits per heavy atom. The fraction of sp³-hybridized carbons (Fsp3) is 0.889. The quantitative estimate of drug-likeness (QED) is 0.673. The molecule has 0 spiro atoms. The Hall–Kier alpha value is -0.610. The van der Waals surface area contributed by atoms with Gasteiger partial charge in [0.05, 0.1) is 12.6 Å². The van der Waals surface area contributed by atoms with Gasteiger partial charge in [-0.25, -0.2) is 0 Å². The molecule has 4 heteroatoms. The van der Waals surface area contributed by atoms with Crippen LogP contribution in [-0.2, 0) is 9.53 Å². The smallest absolute Gasteiger partial charge is 0.224 e. The number of rotatable bonds is 3. The number of nitrogens with zero attached hydrogens (tertiary/aromatic N) is 1. The normalized spacial score (nSPS) is 24.4. The van der Waals surface area contributed by atoms with E-state index in [4.69, 9.17) is 10.5 Å². The monoisotopic (exact) mass is 186 g/mol. The predicted octanol–water partition coefficient (Wildman–Crippen LogP) is -0.0290. The van der Waals surface area contributed by atoms with E-state index in [2.05, 4.69) is 0 Å². The van der Waals surface area contributed by atoms with Gasteiger partial charge in [0.15, 0.2) is 0 Å². The third kappa shape index (κ3) is 2.97. The summed E-state index contributed by atoms with van der Waals surface area (Å²) in [6, 6.07) is 0.198. The number of amides is 1. The van der Waals surface area contributed by atoms with Gasteiger partial charge in [-0.2, -0.15) is 0 Å². The van der Waals surface area contributed by atoms with Gasteiger partial charge < -0.3 is 15.4 Å². The predicted molar refractivity (Wildman–Crippen MR) is 50.3 cm³/mol. The second-order valence-electron chi connectivity index (χ2n) is 3.70. The van der Waals surface area contributed by atoms with Crippen LogP contribution in [0.1, 0.15) is 19.8 Å². The standard InChI is InChI=1S/C9H18N2O2/c1-7(10)5-9(12)11(2)8-3-4-13-6-8/h7-8H,3-6,10H2,1-2H3. The Morgan fingerprint density at radius 2 is 2.46 bits per heavy atom. The molecule has 4 nitrogen and oxygen atoms in total. The Morgan fingerprint density at radius 1 is 1.77 bits per heavy atom. The fourth-order valence-corrected chi connectivity index (χ4v) is 1.45. The van der Waals surface area contributed by atoms with Crippen LogP contribution in [0.3, 0.4) is 0 Å². The summed E-state index contributed by atoms with van der Waals surface area (Å²) < 4.78 is 5.21. The number of nitrogens with two attached hydrogens (primary N) is 1. The number of carbonyl (C=O) groups excluding carboxylic acids is 1. The largest absolute Gasteiger partial charge is 0.379 e. The van der Waals surface area contributed by atoms with E-state index >= 15 is 0 Å². The van der Waals surface area contributed by atoms with Gasteiger partial charge in [0.1, 0.15) is 0 Å². The minimum Gasteiger partial charge on any atom is -0.379 e. The van der Waals surface area contributed by atoms with Crippen LogP contribution in [-0.4, -0.2) is 43.2 Å². The first-order valence-corrected chi connectivity index (χ1v) is 4.70. The second-order valence-corrected chi connectivity index (χ2v) is 3.70. The number of ether oxygens (including phenoxy) is 1. The van der Waals surface area contributed by atoms with Crippen molar-refractivity contribution in [1.29, 1.82) is 0 Å². The molecule has 2 atom stereocenters. The van der Waals surface area contributed by atoms with E-state index in [0.717, 1.165) is 13.0 Å². The average Bonchev–Trinajstić information content (AvgIpc) is 2.53. The van der Waals surface area contributed by atoms with Crippen LogP contribution < -0.4 is 5.73 Å². The van der Waals surface area contributed by atoms with Crippen LogP contribution in [0.15, 0.2) is 0 Å². The van der Waals surface area contributed by atoms with Crippen LogP contribution in [0.2, 0.25) is 0 Å². The lowest BCUT2D eigenvalue weighted by molar-refractivity contribution is -0.132. The van der Waals surface area contributed by atoms with Gasteiger partial charge in [0.2, 0.25) is 5.91 Å². The van der Waals surface area contributed by atoms with Crippen molar-refractivity contribution >= 4 is 5.91 Å². The summed E-state index contributed by atoms with van der Waals surface area (Å²) in [6.07, 6.45) is 1.37. The number of hydrogen-bond donors (Lipinski definition) is 1. The maximum Gasteiger partial charge on any atom is 0.224 e. The maximum absolute atomic E-state index is 11.5. The highest BCUT2D eigenvalue weighted by atomic mass is 16.5. The van der Waals surface area contributed by atoms with E-state index < -0.39 is 0 Å². The fourth-order valence-electron chi connectivity index (χ4n) is 1.45. The van der Waals surface area contributed by atoms with Gasteiger partial charge >= 0.3 is 0 Å². The minimum absolute atomic E-state index is 0.0581. The molecule has 76 valence electrons. The summed E-state index contributed by atoms with van der Waals surface area (Å²) in [5.74, 6) is 0.116. The zero-order chi connectivity index (χ0) is 9.84. The van der Waals surface area contributed by atoms with Crippen molar-refractivity contribution in [3.63, 3.8) is 0 Å². The topological polar surface area (TPSA) is 55.6 Å². The summed E-state index contributed by atoms with van der Waals surface area (Å²) in [5, 5.41) is 0. The molecule has 1 rings (SSSR count). The third-order valence-electron chi connectivity index (χ3n) is 2.34. The first-order valence-electron chi connectivity index (χ1n) is 4.70. The zero-order valence-electron chi connectivity index (χ0n) is 8.32. The molecule has 0 saturated carbocycles. The molecular weight excluding hydrogens is 168 g/mol. The van der Waals surface area contributed by atoms with Gasteiger partial charge in [0.25, 0.3) is 0 Å². The van der Waals surface area contributed by atoms with Crippen LogP contribution in [0, 0.1) is 0 Å². The molecule has 1 fully saturated rings.